The van der Waals surface area contributed by atoms with Gasteiger partial charge in [0.05, 0.1) is 12.1 Å². The first kappa shape index (κ1) is 9.49. The average Bonchev–Trinajstić information content (AvgIpc) is 2.85. The molecule has 15 heavy (non-hydrogen) atoms. The van der Waals surface area contributed by atoms with E-state index in [-0.39, 0.29) is 0 Å². The van der Waals surface area contributed by atoms with Gasteiger partial charge in [0.2, 0.25) is 0 Å². The smallest absolute Gasteiger partial charge is 0.192 e. The Hall–Kier alpha value is -0.730. The molecule has 3 aliphatic rings. The van der Waals surface area contributed by atoms with Crippen molar-refractivity contribution in [1.82, 2.24) is 4.90 Å². The molecular formula is C12H21N3. The van der Waals surface area contributed by atoms with Crippen LogP contribution in [0.1, 0.15) is 46.0 Å². The van der Waals surface area contributed by atoms with Crippen molar-refractivity contribution in [3.8, 4) is 0 Å². The van der Waals surface area contributed by atoms with Crippen molar-refractivity contribution in [2.75, 3.05) is 6.54 Å². The van der Waals surface area contributed by atoms with Crippen molar-refractivity contribution < 1.29 is 0 Å². The summed E-state index contributed by atoms with van der Waals surface area (Å²) in [6.45, 7) is 5.70. The maximum absolute atomic E-state index is 6.04. The minimum Gasteiger partial charge on any atom is -0.370 e. The molecule has 0 aromatic carbocycles. The molecule has 2 fully saturated rings. The highest BCUT2D eigenvalue weighted by atomic mass is 15.4. The second-order valence-corrected chi connectivity index (χ2v) is 6.34. The first-order valence-electron chi connectivity index (χ1n) is 6.12. The summed E-state index contributed by atoms with van der Waals surface area (Å²) < 4.78 is 0. The molecule has 0 amide bonds. The number of rotatable bonds is 1. The van der Waals surface area contributed by atoms with Crippen LogP contribution in [0, 0.1) is 5.41 Å². The van der Waals surface area contributed by atoms with E-state index in [4.69, 9.17) is 5.73 Å². The number of nitrogens with two attached hydrogens (primary N) is 1. The first-order valence-corrected chi connectivity index (χ1v) is 6.12. The van der Waals surface area contributed by atoms with E-state index in [1.54, 1.807) is 0 Å². The van der Waals surface area contributed by atoms with Gasteiger partial charge < -0.3 is 10.6 Å². The molecular weight excluding hydrogens is 186 g/mol. The van der Waals surface area contributed by atoms with Crippen LogP contribution in [0.3, 0.4) is 0 Å². The Bertz CT molecular complexity index is 317. The molecule has 0 radical (unpaired) electrons. The lowest BCUT2D eigenvalue weighted by atomic mass is 9.87. The number of aliphatic imine (C=N–C) groups is 1. The Kier molecular flexibility index (Phi) is 1.70. The highest BCUT2D eigenvalue weighted by Crippen LogP contribution is 2.51. The molecule has 1 heterocycles. The number of hydrogen-bond acceptors (Lipinski definition) is 3. The second kappa shape index (κ2) is 2.69. The molecule has 3 rings (SSSR count). The standard InChI is InChI=1S/C12H21N3/c1-11(2)5-6-12(7-11)8-14-10(13)15(12)9-3-4-9/h9H,3-8H2,1-2H3,(H2,13,14). The van der Waals surface area contributed by atoms with Crippen LogP contribution < -0.4 is 5.73 Å². The topological polar surface area (TPSA) is 41.6 Å². The maximum atomic E-state index is 6.04. The molecule has 0 saturated heterocycles. The third-order valence-electron chi connectivity index (χ3n) is 4.28. The van der Waals surface area contributed by atoms with Crippen molar-refractivity contribution in [3.63, 3.8) is 0 Å². The van der Waals surface area contributed by atoms with Crippen molar-refractivity contribution in [2.45, 2.75) is 57.5 Å². The van der Waals surface area contributed by atoms with Crippen LogP contribution >= 0.6 is 0 Å². The average molecular weight is 207 g/mol. The minimum absolute atomic E-state index is 0.300. The lowest BCUT2D eigenvalue weighted by molar-refractivity contribution is 0.179. The second-order valence-electron chi connectivity index (χ2n) is 6.34. The van der Waals surface area contributed by atoms with Crippen molar-refractivity contribution in [1.29, 1.82) is 0 Å². The normalized spacial score (nSPS) is 38.8. The molecule has 0 aromatic rings. The largest absolute Gasteiger partial charge is 0.370 e. The molecule has 0 bridgehead atoms. The molecule has 1 unspecified atom stereocenters. The van der Waals surface area contributed by atoms with E-state index < -0.39 is 0 Å². The monoisotopic (exact) mass is 207 g/mol. The van der Waals surface area contributed by atoms with Gasteiger partial charge in [0.1, 0.15) is 0 Å². The van der Waals surface area contributed by atoms with E-state index >= 15 is 0 Å². The third-order valence-corrected chi connectivity index (χ3v) is 4.28. The molecule has 0 aromatic heterocycles. The van der Waals surface area contributed by atoms with E-state index in [1.807, 2.05) is 0 Å². The fourth-order valence-electron chi connectivity index (χ4n) is 3.51. The fourth-order valence-corrected chi connectivity index (χ4v) is 3.51. The number of guanidine groups is 1. The lowest BCUT2D eigenvalue weighted by Gasteiger charge is -2.37. The van der Waals surface area contributed by atoms with Crippen LogP contribution in [0.4, 0.5) is 0 Å². The summed E-state index contributed by atoms with van der Waals surface area (Å²) in [5.41, 5.74) is 6.82. The molecule has 3 heteroatoms. The van der Waals surface area contributed by atoms with Gasteiger partial charge in [-0.2, -0.15) is 0 Å². The summed E-state index contributed by atoms with van der Waals surface area (Å²) in [5.74, 6) is 0.815. The van der Waals surface area contributed by atoms with Crippen LogP contribution in [0.5, 0.6) is 0 Å². The minimum atomic E-state index is 0.300. The van der Waals surface area contributed by atoms with Crippen LogP contribution in [-0.2, 0) is 0 Å². The van der Waals surface area contributed by atoms with Gasteiger partial charge in [-0.25, -0.2) is 0 Å². The van der Waals surface area contributed by atoms with Crippen molar-refractivity contribution >= 4 is 5.96 Å². The molecule has 84 valence electrons. The van der Waals surface area contributed by atoms with Crippen LogP contribution in [-0.4, -0.2) is 29.0 Å². The number of nitrogens with zero attached hydrogens (tertiary/aromatic N) is 2. The zero-order chi connectivity index (χ0) is 10.7. The van der Waals surface area contributed by atoms with Gasteiger partial charge >= 0.3 is 0 Å². The van der Waals surface area contributed by atoms with Crippen LogP contribution in [0.25, 0.3) is 0 Å². The zero-order valence-electron chi connectivity index (χ0n) is 9.79. The fraction of sp³-hybridized carbons (Fsp3) is 0.917. The summed E-state index contributed by atoms with van der Waals surface area (Å²) >= 11 is 0. The molecule has 1 atom stereocenters. The van der Waals surface area contributed by atoms with Gasteiger partial charge in [-0.05, 0) is 37.5 Å². The van der Waals surface area contributed by atoms with Gasteiger partial charge in [0.25, 0.3) is 0 Å². The quantitative estimate of drug-likeness (QED) is 0.711. The zero-order valence-corrected chi connectivity index (χ0v) is 9.79. The van der Waals surface area contributed by atoms with Crippen LogP contribution in [0.15, 0.2) is 4.99 Å². The van der Waals surface area contributed by atoms with Crippen LogP contribution in [0.2, 0.25) is 0 Å². The summed E-state index contributed by atoms with van der Waals surface area (Å²) in [7, 11) is 0. The number of hydrogen-bond donors (Lipinski definition) is 1. The Morgan fingerprint density at radius 3 is 2.60 bits per heavy atom. The summed E-state index contributed by atoms with van der Waals surface area (Å²) in [6, 6.07) is 0.713. The van der Waals surface area contributed by atoms with Gasteiger partial charge in [-0.1, -0.05) is 13.8 Å². The predicted molar refractivity (Wildman–Crippen MR) is 61.7 cm³/mol. The van der Waals surface area contributed by atoms with E-state index in [2.05, 4.69) is 23.7 Å². The van der Waals surface area contributed by atoms with Gasteiger partial charge in [0.15, 0.2) is 5.96 Å². The Morgan fingerprint density at radius 2 is 2.07 bits per heavy atom. The molecule has 2 N–H and O–H groups in total. The lowest BCUT2D eigenvalue weighted by Crippen LogP contribution is -2.51. The Labute approximate surface area is 91.7 Å². The summed E-state index contributed by atoms with van der Waals surface area (Å²) in [5, 5.41) is 0. The molecule has 1 spiro atoms. The summed E-state index contributed by atoms with van der Waals surface area (Å²) in [4.78, 5) is 6.96. The molecule has 1 aliphatic heterocycles. The van der Waals surface area contributed by atoms with Crippen molar-refractivity contribution in [3.05, 3.63) is 0 Å². The van der Waals surface area contributed by atoms with E-state index in [1.165, 1.54) is 32.1 Å². The van der Waals surface area contributed by atoms with E-state index in [0.717, 1.165) is 12.5 Å². The summed E-state index contributed by atoms with van der Waals surface area (Å²) in [6.07, 6.45) is 6.50. The van der Waals surface area contributed by atoms with Crippen molar-refractivity contribution in [2.24, 2.45) is 16.1 Å². The van der Waals surface area contributed by atoms with E-state index in [9.17, 15) is 0 Å². The molecule has 2 aliphatic carbocycles. The van der Waals surface area contributed by atoms with Gasteiger partial charge in [-0.15, -0.1) is 0 Å². The highest BCUT2D eigenvalue weighted by molar-refractivity contribution is 5.81. The van der Waals surface area contributed by atoms with E-state index in [0.29, 0.717) is 17.0 Å². The highest BCUT2D eigenvalue weighted by Gasteiger charge is 2.54. The van der Waals surface area contributed by atoms with Gasteiger partial charge in [-0.3, -0.25) is 4.99 Å². The molecule has 2 saturated carbocycles. The SMILES string of the molecule is CC1(C)CCC2(CN=C(N)N2C2CC2)C1. The predicted octanol–water partition coefficient (Wildman–Crippen LogP) is 1.73. The Morgan fingerprint density at radius 1 is 1.33 bits per heavy atom. The molecule has 3 nitrogen and oxygen atoms in total. The first-order chi connectivity index (χ1) is 7.03. The third kappa shape index (κ3) is 1.35. The Balaban J connectivity index is 1.87. The van der Waals surface area contributed by atoms with Gasteiger partial charge in [0, 0.05) is 6.04 Å². The maximum Gasteiger partial charge on any atom is 0.192 e.